The highest BCUT2D eigenvalue weighted by Gasteiger charge is 2.20. The van der Waals surface area contributed by atoms with Gasteiger partial charge in [-0.2, -0.15) is 0 Å². The number of hydrogen-bond donors (Lipinski definition) is 0. The molecule has 4 aromatic heterocycles. The van der Waals surface area contributed by atoms with Gasteiger partial charge in [0.05, 0.1) is 6.61 Å². The third-order valence-corrected chi connectivity index (χ3v) is 13.2. The average Bonchev–Trinajstić information content (AvgIpc) is 3.94. The summed E-state index contributed by atoms with van der Waals surface area (Å²) in [6.07, 6.45) is 17.9. The maximum atomic E-state index is 6.67. The quantitative estimate of drug-likeness (QED) is 0.0779. The van der Waals surface area contributed by atoms with Gasteiger partial charge < -0.3 is 9.47 Å². The van der Waals surface area contributed by atoms with Crippen molar-refractivity contribution >= 4 is 45.3 Å². The Morgan fingerprint density at radius 2 is 1.04 bits per heavy atom. The molecule has 282 valence electrons. The zero-order valence-electron chi connectivity index (χ0n) is 30.5. The van der Waals surface area contributed by atoms with Gasteiger partial charge in [0, 0.05) is 88.1 Å². The van der Waals surface area contributed by atoms with E-state index >= 15 is 0 Å². The lowest BCUT2D eigenvalue weighted by Crippen LogP contribution is -2.00. The van der Waals surface area contributed by atoms with Crippen LogP contribution in [0.5, 0.6) is 11.5 Å². The molecule has 0 saturated carbocycles. The van der Waals surface area contributed by atoms with Crippen LogP contribution >= 0.6 is 45.3 Å². The molecule has 0 aliphatic heterocycles. The van der Waals surface area contributed by atoms with Crippen molar-refractivity contribution in [1.29, 1.82) is 0 Å². The first-order valence-corrected chi connectivity index (χ1v) is 20.9. The molecule has 2 nitrogen and oxygen atoms in total. The average molecular weight is 775 g/mol. The second-order valence-corrected chi connectivity index (χ2v) is 17.1. The Bertz CT molecular complexity index is 2330. The van der Waals surface area contributed by atoms with E-state index in [1.807, 2.05) is 22.7 Å². The molecular weight excluding hydrogens is 713 g/mol. The van der Waals surface area contributed by atoms with Crippen molar-refractivity contribution in [2.45, 2.75) is 86.0 Å². The van der Waals surface area contributed by atoms with Crippen LogP contribution < -0.4 is 9.47 Å². The van der Waals surface area contributed by atoms with Crippen molar-refractivity contribution in [2.75, 3.05) is 6.61 Å². The smallest absolute Gasteiger partial charge is 0.149 e. The van der Waals surface area contributed by atoms with Gasteiger partial charge in [0.15, 0.2) is 0 Å². The van der Waals surface area contributed by atoms with Crippen LogP contribution in [0.2, 0.25) is 0 Å². The normalized spacial score (nSPS) is 10.1. The number of terminal acetylenes is 1. The summed E-state index contributed by atoms with van der Waals surface area (Å²) in [7, 11) is 0. The summed E-state index contributed by atoms with van der Waals surface area (Å²) in [4.78, 5) is 9.91. The lowest BCUT2D eigenvalue weighted by molar-refractivity contribution is 0.305. The van der Waals surface area contributed by atoms with Crippen molar-refractivity contribution in [3.05, 3.63) is 69.4 Å². The first-order chi connectivity index (χ1) is 25.4. The van der Waals surface area contributed by atoms with Crippen molar-refractivity contribution in [1.82, 2.24) is 0 Å². The van der Waals surface area contributed by atoms with Gasteiger partial charge in [0.25, 0.3) is 0 Å². The Balaban J connectivity index is -0.000000784. The van der Waals surface area contributed by atoms with Gasteiger partial charge in [-0.3, -0.25) is 0 Å². The maximum Gasteiger partial charge on any atom is 0.149 e. The van der Waals surface area contributed by atoms with Crippen LogP contribution in [-0.4, -0.2) is 6.61 Å². The van der Waals surface area contributed by atoms with Gasteiger partial charge >= 0.3 is 0 Å². The number of hydrogen-bond acceptors (Lipinski definition) is 6. The molecule has 0 amide bonds. The Labute approximate surface area is 341 Å². The van der Waals surface area contributed by atoms with Crippen molar-refractivity contribution in [3.63, 3.8) is 0 Å². The molecule has 1 aromatic carbocycles. The molecule has 0 saturated heterocycles. The number of ether oxygens (including phenoxy) is 2. The Kier molecular flexibility index (Phi) is 14.8. The Morgan fingerprint density at radius 3 is 1.58 bits per heavy atom. The largest absolute Gasteiger partial charge is 0.493 e. The molecule has 0 unspecified atom stereocenters. The molecular formula is C46H62O2S4. The predicted molar refractivity (Wildman–Crippen MR) is 248 cm³/mol. The molecule has 0 N–H and O–H groups in total. The lowest BCUT2D eigenvalue weighted by atomic mass is 10.1. The maximum absolute atomic E-state index is 6.67. The van der Waals surface area contributed by atoms with Crippen molar-refractivity contribution < 1.29 is 23.7 Å². The molecule has 6 heteroatoms. The summed E-state index contributed by atoms with van der Waals surface area (Å²) in [5.41, 5.74) is 4.52. The van der Waals surface area contributed by atoms with Gasteiger partial charge in [0.1, 0.15) is 17.6 Å². The van der Waals surface area contributed by atoms with Gasteiger partial charge in [-0.15, -0.1) is 51.8 Å². The second kappa shape index (κ2) is 19.9. The molecule has 5 aromatic rings. The molecule has 52 heavy (non-hydrogen) atoms. The topological polar surface area (TPSA) is 18.5 Å². The molecule has 0 spiro atoms. The zero-order valence-corrected chi connectivity index (χ0v) is 33.8. The highest BCUT2D eigenvalue weighted by atomic mass is 32.1. The zero-order chi connectivity index (χ0) is 36.7. The summed E-state index contributed by atoms with van der Waals surface area (Å²) in [6, 6.07) is 17.5. The second-order valence-electron chi connectivity index (χ2n) is 12.5. The van der Waals surface area contributed by atoms with E-state index in [2.05, 4.69) is 137 Å². The van der Waals surface area contributed by atoms with E-state index in [9.17, 15) is 0 Å². The number of aryl methyl sites for hydroxylation is 4. The fourth-order valence-electron chi connectivity index (χ4n) is 5.85. The minimum Gasteiger partial charge on any atom is -0.493 e. The lowest BCUT2D eigenvalue weighted by Gasteiger charge is -2.15. The first-order valence-electron chi connectivity index (χ1n) is 17.7. The van der Waals surface area contributed by atoms with Crippen molar-refractivity contribution in [2.24, 2.45) is 0 Å². The Morgan fingerprint density at radius 1 is 0.558 bits per heavy atom. The SMILES string of the molecule is C#CC#CC#CC#CC#COc1cc(-c2ccc(-c3sc(C)cc3C)s2)c(OCCCCCCCCCC)cc1-c1ccc(-c2sc(C)cc2C)s1.[HH].[HH].[HH].[HH].[HH].[HH].[HH].[HH].[HH].[HH]. The van der Waals surface area contributed by atoms with Gasteiger partial charge in [-0.25, -0.2) is 0 Å². The summed E-state index contributed by atoms with van der Waals surface area (Å²) in [6.45, 7) is 11.6. The van der Waals surface area contributed by atoms with Gasteiger partial charge in [0.2, 0.25) is 0 Å². The van der Waals surface area contributed by atoms with Crippen molar-refractivity contribution in [3.8, 4) is 112 Å². The van der Waals surface area contributed by atoms with E-state index in [-0.39, 0.29) is 14.3 Å². The molecule has 0 bridgehead atoms. The molecule has 0 atom stereocenters. The monoisotopic (exact) mass is 774 g/mol. The van der Waals surface area contributed by atoms with Gasteiger partial charge in [-0.1, -0.05) is 51.9 Å². The standard InChI is InChI=1S/C46H42O2S4.10H2/c1-7-9-11-13-15-17-19-21-27-47-39-31-38(42-24-26-44(52-42)46-34(4)30-36(6)50-46)40(48-28-22-20-18-16-14-12-10-8-2)32-37(39)41-23-25-43(51-41)45-33(3)29-35(5)49-45;;;;;;;;;;/h1,23-26,29-32H,8,10,12,14,16,18,20,22,28H2,2-6H3;10*1H. The molecule has 4 heterocycles. The van der Waals surface area contributed by atoms with E-state index in [1.165, 1.54) is 85.3 Å². The summed E-state index contributed by atoms with van der Waals surface area (Å²) in [5.74, 6) is 22.1. The number of rotatable bonds is 15. The number of benzene rings is 1. The third-order valence-electron chi connectivity index (χ3n) is 8.27. The van der Waals surface area contributed by atoms with Crippen LogP contribution in [0.1, 0.15) is 93.4 Å². The molecule has 0 aliphatic carbocycles. The number of unbranched alkanes of at least 4 members (excludes halogenated alkanes) is 7. The molecule has 0 radical (unpaired) electrons. The van der Waals surface area contributed by atoms with Crippen LogP contribution in [0.15, 0.2) is 48.5 Å². The highest BCUT2D eigenvalue weighted by molar-refractivity contribution is 7.24. The summed E-state index contributed by atoms with van der Waals surface area (Å²) >= 11 is 7.19. The minimum atomic E-state index is 0. The summed E-state index contributed by atoms with van der Waals surface area (Å²) in [5, 5.41) is 0. The fraction of sp³-hybridized carbons (Fsp3) is 0.304. The molecule has 5 rings (SSSR count). The fourth-order valence-corrected chi connectivity index (χ4v) is 10.3. The van der Waals surface area contributed by atoms with Gasteiger partial charge in [-0.05, 0) is 117 Å². The number of thiophene rings is 4. The Hall–Kier alpha value is -4.58. The van der Waals surface area contributed by atoms with E-state index in [4.69, 9.17) is 15.9 Å². The van der Waals surface area contributed by atoms with E-state index in [0.29, 0.717) is 12.4 Å². The minimum absolute atomic E-state index is 0. The van der Waals surface area contributed by atoms with E-state index in [1.54, 1.807) is 22.7 Å². The van der Waals surface area contributed by atoms with Crippen LogP contribution in [-0.2, 0) is 0 Å². The van der Waals surface area contributed by atoms with Crippen LogP contribution in [0.3, 0.4) is 0 Å². The molecule has 0 aliphatic rings. The third kappa shape index (κ3) is 10.7. The first kappa shape index (κ1) is 38.6. The predicted octanol–water partition coefficient (Wildman–Crippen LogP) is 15.8. The molecule has 0 fully saturated rings. The van der Waals surface area contributed by atoms with E-state index < -0.39 is 0 Å². The van der Waals surface area contributed by atoms with Crippen LogP contribution in [0.4, 0.5) is 0 Å². The van der Waals surface area contributed by atoms with E-state index in [0.717, 1.165) is 33.1 Å². The summed E-state index contributed by atoms with van der Waals surface area (Å²) < 4.78 is 12.9. The van der Waals surface area contributed by atoms with Crippen LogP contribution in [0.25, 0.3) is 40.4 Å². The highest BCUT2D eigenvalue weighted by Crippen LogP contribution is 2.48. The van der Waals surface area contributed by atoms with Crippen LogP contribution in [0, 0.1) is 87.6 Å².